The van der Waals surface area contributed by atoms with E-state index in [0.717, 1.165) is 11.2 Å². The molecule has 0 bridgehead atoms. The summed E-state index contributed by atoms with van der Waals surface area (Å²) < 4.78 is 0. The first-order valence-electron chi connectivity index (χ1n) is 5.36. The highest BCUT2D eigenvalue weighted by Gasteiger charge is 2.00. The number of benzene rings is 1. The average molecular weight is 225 g/mol. The first kappa shape index (κ1) is 9.77. The molecule has 0 unspecified atom stereocenters. The molecule has 2 N–H and O–H groups in total. The summed E-state index contributed by atoms with van der Waals surface area (Å²) in [5.74, 6) is 0.602. The molecule has 5 heteroatoms. The first-order chi connectivity index (χ1) is 8.42. The SMILES string of the molecule is c1ccc(CNc2ncc3nc[nH]c3n2)cc1. The van der Waals surface area contributed by atoms with Crippen molar-refractivity contribution in [2.75, 3.05) is 5.32 Å². The van der Waals surface area contributed by atoms with E-state index in [0.29, 0.717) is 12.5 Å². The van der Waals surface area contributed by atoms with Crippen LogP contribution in [-0.2, 0) is 6.54 Å². The summed E-state index contributed by atoms with van der Waals surface area (Å²) in [6.07, 6.45) is 3.31. The van der Waals surface area contributed by atoms with Crippen molar-refractivity contribution >= 4 is 17.1 Å². The molecule has 0 saturated heterocycles. The van der Waals surface area contributed by atoms with Gasteiger partial charge in [-0.05, 0) is 5.56 Å². The lowest BCUT2D eigenvalue weighted by Crippen LogP contribution is -2.03. The number of hydrogen-bond acceptors (Lipinski definition) is 4. The summed E-state index contributed by atoms with van der Waals surface area (Å²) >= 11 is 0. The maximum atomic E-state index is 4.31. The molecule has 0 fully saturated rings. The minimum atomic E-state index is 0.602. The highest BCUT2D eigenvalue weighted by atomic mass is 15.1. The quantitative estimate of drug-likeness (QED) is 0.715. The van der Waals surface area contributed by atoms with Crippen LogP contribution in [0.3, 0.4) is 0 Å². The van der Waals surface area contributed by atoms with Gasteiger partial charge in [0.25, 0.3) is 0 Å². The van der Waals surface area contributed by atoms with E-state index < -0.39 is 0 Å². The monoisotopic (exact) mass is 225 g/mol. The Balaban J connectivity index is 1.76. The fraction of sp³-hybridized carbons (Fsp3) is 0.0833. The number of H-pyrrole nitrogens is 1. The molecule has 3 rings (SSSR count). The van der Waals surface area contributed by atoms with E-state index in [1.807, 2.05) is 18.2 Å². The third-order valence-electron chi connectivity index (χ3n) is 2.47. The molecule has 0 aliphatic heterocycles. The largest absolute Gasteiger partial charge is 0.350 e. The second-order valence-corrected chi connectivity index (χ2v) is 3.67. The normalized spacial score (nSPS) is 10.6. The molecule has 0 saturated carbocycles. The van der Waals surface area contributed by atoms with E-state index in [9.17, 15) is 0 Å². The van der Waals surface area contributed by atoms with Gasteiger partial charge in [0.1, 0.15) is 5.52 Å². The Hall–Kier alpha value is -2.43. The van der Waals surface area contributed by atoms with Crippen LogP contribution in [0.15, 0.2) is 42.9 Å². The number of imidazole rings is 1. The molecule has 0 spiro atoms. The topological polar surface area (TPSA) is 66.5 Å². The summed E-state index contributed by atoms with van der Waals surface area (Å²) in [5, 5.41) is 3.17. The van der Waals surface area contributed by atoms with E-state index in [1.165, 1.54) is 5.56 Å². The lowest BCUT2D eigenvalue weighted by atomic mass is 10.2. The predicted molar refractivity (Wildman–Crippen MR) is 65.5 cm³/mol. The summed E-state index contributed by atoms with van der Waals surface area (Å²) in [6.45, 7) is 0.709. The fourth-order valence-corrected chi connectivity index (χ4v) is 1.60. The molecule has 3 aromatic rings. The van der Waals surface area contributed by atoms with Crippen LogP contribution in [0.4, 0.5) is 5.95 Å². The van der Waals surface area contributed by atoms with Crippen molar-refractivity contribution in [1.82, 2.24) is 19.9 Å². The highest BCUT2D eigenvalue weighted by molar-refractivity contribution is 5.69. The zero-order chi connectivity index (χ0) is 11.5. The van der Waals surface area contributed by atoms with E-state index >= 15 is 0 Å². The number of rotatable bonds is 3. The van der Waals surface area contributed by atoms with Crippen LogP contribution >= 0.6 is 0 Å². The summed E-state index contributed by atoms with van der Waals surface area (Å²) in [7, 11) is 0. The van der Waals surface area contributed by atoms with Gasteiger partial charge in [-0.3, -0.25) is 0 Å². The summed E-state index contributed by atoms with van der Waals surface area (Å²) in [5.41, 5.74) is 2.71. The van der Waals surface area contributed by atoms with Gasteiger partial charge in [-0.1, -0.05) is 30.3 Å². The Morgan fingerprint density at radius 3 is 2.88 bits per heavy atom. The standard InChI is InChI=1S/C12H11N5/c1-2-4-9(5-3-1)6-13-12-14-7-10-11(17-12)16-8-15-10/h1-5,7-8H,6H2,(H2,13,14,15,16,17). The van der Waals surface area contributed by atoms with Crippen LogP contribution in [-0.4, -0.2) is 19.9 Å². The number of hydrogen-bond donors (Lipinski definition) is 2. The molecular weight excluding hydrogens is 214 g/mol. The van der Waals surface area contributed by atoms with Crippen molar-refractivity contribution in [1.29, 1.82) is 0 Å². The molecule has 0 aliphatic rings. The van der Waals surface area contributed by atoms with Crippen molar-refractivity contribution < 1.29 is 0 Å². The van der Waals surface area contributed by atoms with Gasteiger partial charge in [-0.15, -0.1) is 0 Å². The molecular formula is C12H11N5. The molecule has 0 radical (unpaired) electrons. The molecule has 0 aliphatic carbocycles. The zero-order valence-electron chi connectivity index (χ0n) is 9.09. The Morgan fingerprint density at radius 2 is 2.00 bits per heavy atom. The van der Waals surface area contributed by atoms with Crippen LogP contribution in [0.1, 0.15) is 5.56 Å². The van der Waals surface area contributed by atoms with Gasteiger partial charge in [0.05, 0.1) is 12.5 Å². The van der Waals surface area contributed by atoms with Crippen molar-refractivity contribution in [2.45, 2.75) is 6.54 Å². The number of aromatic nitrogens is 4. The van der Waals surface area contributed by atoms with Crippen molar-refractivity contribution in [3.63, 3.8) is 0 Å². The first-order valence-corrected chi connectivity index (χ1v) is 5.36. The highest BCUT2D eigenvalue weighted by Crippen LogP contribution is 2.08. The van der Waals surface area contributed by atoms with Crippen molar-refractivity contribution in [3.8, 4) is 0 Å². The van der Waals surface area contributed by atoms with Crippen LogP contribution in [0.25, 0.3) is 11.2 Å². The molecule has 1 aromatic carbocycles. The fourth-order valence-electron chi connectivity index (χ4n) is 1.60. The van der Waals surface area contributed by atoms with E-state index in [1.54, 1.807) is 12.5 Å². The predicted octanol–water partition coefficient (Wildman–Crippen LogP) is 1.96. The van der Waals surface area contributed by atoms with Gasteiger partial charge in [0, 0.05) is 6.54 Å². The van der Waals surface area contributed by atoms with Crippen LogP contribution in [0.5, 0.6) is 0 Å². The minimum Gasteiger partial charge on any atom is -0.350 e. The summed E-state index contributed by atoms with van der Waals surface area (Å²) in [6, 6.07) is 10.1. The maximum absolute atomic E-state index is 4.31. The van der Waals surface area contributed by atoms with Gasteiger partial charge < -0.3 is 10.3 Å². The van der Waals surface area contributed by atoms with Crippen molar-refractivity contribution in [2.24, 2.45) is 0 Å². The van der Waals surface area contributed by atoms with Gasteiger partial charge >= 0.3 is 0 Å². The number of nitrogens with zero attached hydrogens (tertiary/aromatic N) is 3. The van der Waals surface area contributed by atoms with Crippen LogP contribution in [0.2, 0.25) is 0 Å². The Labute approximate surface area is 98.0 Å². The molecule has 2 heterocycles. The van der Waals surface area contributed by atoms with E-state index in [4.69, 9.17) is 0 Å². The van der Waals surface area contributed by atoms with Crippen LogP contribution in [0, 0.1) is 0 Å². The smallest absolute Gasteiger partial charge is 0.225 e. The molecule has 0 atom stereocenters. The lowest BCUT2D eigenvalue weighted by molar-refractivity contribution is 1.07. The molecule has 0 amide bonds. The molecule has 84 valence electrons. The van der Waals surface area contributed by atoms with Gasteiger partial charge in [-0.25, -0.2) is 9.97 Å². The number of aromatic amines is 1. The van der Waals surface area contributed by atoms with Gasteiger partial charge in [-0.2, -0.15) is 4.98 Å². The maximum Gasteiger partial charge on any atom is 0.225 e. The average Bonchev–Trinajstić information content (AvgIpc) is 2.85. The Bertz CT molecular complexity index is 617. The molecule has 17 heavy (non-hydrogen) atoms. The van der Waals surface area contributed by atoms with Gasteiger partial charge in [0.15, 0.2) is 5.65 Å². The Morgan fingerprint density at radius 1 is 1.12 bits per heavy atom. The third-order valence-corrected chi connectivity index (χ3v) is 2.47. The van der Waals surface area contributed by atoms with Crippen molar-refractivity contribution in [3.05, 3.63) is 48.4 Å². The third kappa shape index (κ3) is 2.08. The second kappa shape index (κ2) is 4.21. The lowest BCUT2D eigenvalue weighted by Gasteiger charge is -2.03. The second-order valence-electron chi connectivity index (χ2n) is 3.67. The zero-order valence-corrected chi connectivity index (χ0v) is 9.09. The van der Waals surface area contributed by atoms with E-state index in [-0.39, 0.29) is 0 Å². The minimum absolute atomic E-state index is 0.602. The Kier molecular flexibility index (Phi) is 2.42. The number of fused-ring (bicyclic) bond motifs is 1. The van der Waals surface area contributed by atoms with E-state index in [2.05, 4.69) is 37.4 Å². The number of nitrogens with one attached hydrogen (secondary N) is 2. The molecule has 2 aromatic heterocycles. The van der Waals surface area contributed by atoms with Crippen LogP contribution < -0.4 is 5.32 Å². The van der Waals surface area contributed by atoms with Gasteiger partial charge in [0.2, 0.25) is 5.95 Å². The number of anilines is 1. The summed E-state index contributed by atoms with van der Waals surface area (Å²) in [4.78, 5) is 15.5. The molecule has 5 nitrogen and oxygen atoms in total.